The average molecular weight is 366 g/mol. The summed E-state index contributed by atoms with van der Waals surface area (Å²) in [5.41, 5.74) is 6.63. The van der Waals surface area contributed by atoms with Gasteiger partial charge < -0.3 is 0 Å². The Kier molecular flexibility index (Phi) is 4.65. The number of halogens is 2. The van der Waals surface area contributed by atoms with E-state index in [-0.39, 0.29) is 6.04 Å². The summed E-state index contributed by atoms with van der Waals surface area (Å²) in [5.74, 6) is 6.52. The number of nitrogens with one attached hydrogen (secondary N) is 1. The van der Waals surface area contributed by atoms with Crippen LogP contribution in [0.25, 0.3) is 0 Å². The molecular formula is C17H18BrClN2. The minimum Gasteiger partial charge on any atom is -0.271 e. The van der Waals surface area contributed by atoms with Crippen LogP contribution in [0.2, 0.25) is 5.02 Å². The highest BCUT2D eigenvalue weighted by Gasteiger charge is 2.21. The molecule has 21 heavy (non-hydrogen) atoms. The van der Waals surface area contributed by atoms with E-state index < -0.39 is 0 Å². The average Bonchev–Trinajstić information content (AvgIpc) is 2.42. The highest BCUT2D eigenvalue weighted by Crippen LogP contribution is 2.37. The van der Waals surface area contributed by atoms with Crippen LogP contribution in [0.4, 0.5) is 0 Å². The van der Waals surface area contributed by atoms with Crippen LogP contribution >= 0.6 is 27.5 Å². The lowest BCUT2D eigenvalue weighted by Crippen LogP contribution is -2.29. The SMILES string of the molecule is NNC(c1cccc(C2CCC2)c1)c1ccc(Cl)c(Br)c1. The van der Waals surface area contributed by atoms with Crippen LogP contribution < -0.4 is 11.3 Å². The Morgan fingerprint density at radius 1 is 1.14 bits per heavy atom. The Hall–Kier alpha value is -0.870. The Morgan fingerprint density at radius 2 is 1.90 bits per heavy atom. The van der Waals surface area contributed by atoms with Crippen molar-refractivity contribution in [3.05, 3.63) is 68.7 Å². The Bertz CT molecular complexity index is 640. The second-order valence-electron chi connectivity index (χ2n) is 5.57. The normalized spacial score (nSPS) is 16.5. The summed E-state index contributed by atoms with van der Waals surface area (Å²) in [7, 11) is 0. The zero-order valence-corrected chi connectivity index (χ0v) is 14.0. The summed E-state index contributed by atoms with van der Waals surface area (Å²) in [4.78, 5) is 0. The lowest BCUT2D eigenvalue weighted by Gasteiger charge is -2.27. The van der Waals surface area contributed by atoms with Gasteiger partial charge in [0.05, 0.1) is 11.1 Å². The molecule has 0 spiro atoms. The molecule has 1 aliphatic rings. The fraction of sp³-hybridized carbons (Fsp3) is 0.294. The third kappa shape index (κ3) is 3.16. The summed E-state index contributed by atoms with van der Waals surface area (Å²) < 4.78 is 0.886. The molecule has 2 aromatic carbocycles. The van der Waals surface area contributed by atoms with Crippen molar-refractivity contribution >= 4 is 27.5 Å². The van der Waals surface area contributed by atoms with Gasteiger partial charge in [0.25, 0.3) is 0 Å². The maximum Gasteiger partial charge on any atom is 0.0710 e. The summed E-state index contributed by atoms with van der Waals surface area (Å²) in [5, 5.41) is 0.706. The van der Waals surface area contributed by atoms with Crippen LogP contribution in [-0.4, -0.2) is 0 Å². The molecule has 4 heteroatoms. The van der Waals surface area contributed by atoms with Gasteiger partial charge in [-0.2, -0.15) is 0 Å². The van der Waals surface area contributed by atoms with Crippen molar-refractivity contribution < 1.29 is 0 Å². The Morgan fingerprint density at radius 3 is 2.52 bits per heavy atom. The first-order valence-corrected chi connectivity index (χ1v) is 8.37. The molecule has 0 aromatic heterocycles. The van der Waals surface area contributed by atoms with Crippen LogP contribution in [0, 0.1) is 0 Å². The van der Waals surface area contributed by atoms with Gasteiger partial charge in [-0.1, -0.05) is 48.4 Å². The molecule has 0 aliphatic heterocycles. The quantitative estimate of drug-likeness (QED) is 0.596. The molecule has 2 nitrogen and oxygen atoms in total. The van der Waals surface area contributed by atoms with Crippen molar-refractivity contribution in [1.82, 2.24) is 5.43 Å². The van der Waals surface area contributed by atoms with Gasteiger partial charge in [0.15, 0.2) is 0 Å². The molecule has 110 valence electrons. The monoisotopic (exact) mass is 364 g/mol. The van der Waals surface area contributed by atoms with Crippen molar-refractivity contribution in [1.29, 1.82) is 0 Å². The van der Waals surface area contributed by atoms with E-state index in [9.17, 15) is 0 Å². The molecule has 0 heterocycles. The first-order chi connectivity index (χ1) is 10.2. The van der Waals surface area contributed by atoms with Crippen molar-refractivity contribution in [3.63, 3.8) is 0 Å². The van der Waals surface area contributed by atoms with E-state index in [1.54, 1.807) is 0 Å². The molecule has 1 saturated carbocycles. The lowest BCUT2D eigenvalue weighted by atomic mass is 9.79. The lowest BCUT2D eigenvalue weighted by molar-refractivity contribution is 0.419. The molecule has 0 amide bonds. The maximum absolute atomic E-state index is 6.07. The largest absolute Gasteiger partial charge is 0.271 e. The van der Waals surface area contributed by atoms with E-state index >= 15 is 0 Å². The highest BCUT2D eigenvalue weighted by molar-refractivity contribution is 9.10. The molecule has 1 fully saturated rings. The second-order valence-corrected chi connectivity index (χ2v) is 6.83. The predicted octanol–water partition coefficient (Wildman–Crippen LogP) is 4.92. The van der Waals surface area contributed by atoms with Gasteiger partial charge in [-0.05, 0) is 63.5 Å². The molecular weight excluding hydrogens is 348 g/mol. The maximum atomic E-state index is 6.07. The molecule has 2 aromatic rings. The zero-order valence-electron chi connectivity index (χ0n) is 11.7. The summed E-state index contributed by atoms with van der Waals surface area (Å²) in [6.07, 6.45) is 3.95. The standard InChI is InChI=1S/C17H18BrClN2/c18-15-10-14(7-8-16(15)19)17(21-20)13-6-2-5-12(9-13)11-3-1-4-11/h2,5-11,17,21H,1,3-4,20H2. The zero-order chi connectivity index (χ0) is 14.8. The third-order valence-electron chi connectivity index (χ3n) is 4.26. The van der Waals surface area contributed by atoms with Gasteiger partial charge in [-0.15, -0.1) is 0 Å². The van der Waals surface area contributed by atoms with Gasteiger partial charge in [0, 0.05) is 4.47 Å². The van der Waals surface area contributed by atoms with E-state index in [0.29, 0.717) is 5.02 Å². The Labute approximate surface area is 138 Å². The smallest absolute Gasteiger partial charge is 0.0710 e. The minimum absolute atomic E-state index is 0.0291. The van der Waals surface area contributed by atoms with Crippen molar-refractivity contribution in [2.24, 2.45) is 5.84 Å². The van der Waals surface area contributed by atoms with Crippen LogP contribution in [0.5, 0.6) is 0 Å². The second kappa shape index (κ2) is 6.49. The topological polar surface area (TPSA) is 38.0 Å². The van der Waals surface area contributed by atoms with Crippen LogP contribution in [0.3, 0.4) is 0 Å². The van der Waals surface area contributed by atoms with E-state index in [1.165, 1.54) is 30.4 Å². The summed E-state index contributed by atoms with van der Waals surface area (Å²) in [6, 6.07) is 14.6. The Balaban J connectivity index is 1.93. The van der Waals surface area contributed by atoms with E-state index in [2.05, 4.69) is 45.6 Å². The van der Waals surface area contributed by atoms with Gasteiger partial charge >= 0.3 is 0 Å². The first kappa shape index (κ1) is 15.0. The van der Waals surface area contributed by atoms with Crippen molar-refractivity contribution in [2.45, 2.75) is 31.2 Å². The number of nitrogens with two attached hydrogens (primary N) is 1. The fourth-order valence-electron chi connectivity index (χ4n) is 2.81. The highest BCUT2D eigenvalue weighted by atomic mass is 79.9. The number of rotatable bonds is 4. The molecule has 0 saturated heterocycles. The van der Waals surface area contributed by atoms with Crippen molar-refractivity contribution in [2.75, 3.05) is 0 Å². The number of hydrogen-bond donors (Lipinski definition) is 2. The minimum atomic E-state index is -0.0291. The van der Waals surface area contributed by atoms with Crippen LogP contribution in [0.1, 0.15) is 47.9 Å². The van der Waals surface area contributed by atoms with Crippen LogP contribution in [0.15, 0.2) is 46.9 Å². The van der Waals surface area contributed by atoms with Gasteiger partial charge in [-0.3, -0.25) is 5.84 Å². The van der Waals surface area contributed by atoms with Crippen molar-refractivity contribution in [3.8, 4) is 0 Å². The molecule has 1 aliphatic carbocycles. The molecule has 1 unspecified atom stereocenters. The predicted molar refractivity (Wildman–Crippen MR) is 91.4 cm³/mol. The van der Waals surface area contributed by atoms with Gasteiger partial charge in [0.1, 0.15) is 0 Å². The molecule has 0 bridgehead atoms. The molecule has 3 N–H and O–H groups in total. The van der Waals surface area contributed by atoms with Gasteiger partial charge in [0.2, 0.25) is 0 Å². The van der Waals surface area contributed by atoms with Crippen LogP contribution in [-0.2, 0) is 0 Å². The van der Waals surface area contributed by atoms with Gasteiger partial charge in [-0.25, -0.2) is 5.43 Å². The summed E-state index contributed by atoms with van der Waals surface area (Å²) in [6.45, 7) is 0. The van der Waals surface area contributed by atoms with E-state index in [1.807, 2.05) is 18.2 Å². The number of benzene rings is 2. The summed E-state index contributed by atoms with van der Waals surface area (Å²) >= 11 is 9.54. The number of hydrazine groups is 1. The molecule has 3 rings (SSSR count). The molecule has 0 radical (unpaired) electrons. The van der Waals surface area contributed by atoms with E-state index in [4.69, 9.17) is 17.4 Å². The first-order valence-electron chi connectivity index (χ1n) is 7.20. The molecule has 1 atom stereocenters. The fourth-order valence-corrected chi connectivity index (χ4v) is 3.32. The number of hydrogen-bond acceptors (Lipinski definition) is 2. The third-order valence-corrected chi connectivity index (χ3v) is 5.48. The van der Waals surface area contributed by atoms with E-state index in [0.717, 1.165) is 16.0 Å².